The van der Waals surface area contributed by atoms with Crippen LogP contribution in [0.25, 0.3) is 5.57 Å². The van der Waals surface area contributed by atoms with Gasteiger partial charge in [-0.15, -0.1) is 4.37 Å². The number of carboxylic acid groups (broad SMARTS) is 2. The minimum absolute atomic E-state index is 0.533. The molecule has 1 aromatic carbocycles. The predicted octanol–water partition coefficient (Wildman–Crippen LogP) is 2.55. The van der Waals surface area contributed by atoms with Crippen LogP contribution in [0.4, 0.5) is 0 Å². The first-order chi connectivity index (χ1) is 13.4. The SMILES string of the molecule is CCc1ccc(COc2nsnc2C2=CCCN(C)C2)cc1.O=C(O)C(=O)O. The van der Waals surface area contributed by atoms with Crippen molar-refractivity contribution in [3.63, 3.8) is 0 Å². The topological polar surface area (TPSA) is 113 Å². The van der Waals surface area contributed by atoms with Gasteiger partial charge in [0.15, 0.2) is 0 Å². The lowest BCUT2D eigenvalue weighted by molar-refractivity contribution is -0.159. The van der Waals surface area contributed by atoms with E-state index in [1.807, 2.05) is 0 Å². The number of hydrogen-bond acceptors (Lipinski definition) is 7. The van der Waals surface area contributed by atoms with Crippen LogP contribution in [0.1, 0.15) is 30.2 Å². The molecule has 2 aromatic rings. The highest BCUT2D eigenvalue weighted by Gasteiger charge is 2.18. The minimum Gasteiger partial charge on any atom is -0.473 e. The summed E-state index contributed by atoms with van der Waals surface area (Å²) in [4.78, 5) is 20.5. The van der Waals surface area contributed by atoms with Crippen molar-refractivity contribution in [2.75, 3.05) is 20.1 Å². The second kappa shape index (κ2) is 10.5. The van der Waals surface area contributed by atoms with Gasteiger partial charge in [-0.3, -0.25) is 0 Å². The van der Waals surface area contributed by atoms with Crippen LogP contribution in [0.15, 0.2) is 30.3 Å². The number of rotatable bonds is 5. The van der Waals surface area contributed by atoms with Crippen molar-refractivity contribution in [1.82, 2.24) is 13.6 Å². The normalized spacial score (nSPS) is 13.9. The van der Waals surface area contributed by atoms with Gasteiger partial charge in [-0.25, -0.2) is 9.59 Å². The number of aliphatic carboxylic acids is 2. The Morgan fingerprint density at radius 2 is 1.79 bits per heavy atom. The minimum atomic E-state index is -1.82. The van der Waals surface area contributed by atoms with Crippen LogP contribution < -0.4 is 4.74 Å². The van der Waals surface area contributed by atoms with Crippen LogP contribution in [0.5, 0.6) is 5.88 Å². The first-order valence-corrected chi connectivity index (χ1v) is 9.51. The molecule has 2 heterocycles. The zero-order chi connectivity index (χ0) is 20.5. The molecule has 0 spiro atoms. The van der Waals surface area contributed by atoms with E-state index in [4.69, 9.17) is 24.5 Å². The molecule has 8 nitrogen and oxygen atoms in total. The van der Waals surface area contributed by atoms with Crippen molar-refractivity contribution in [2.45, 2.75) is 26.4 Å². The van der Waals surface area contributed by atoms with Gasteiger partial charge in [-0.1, -0.05) is 37.3 Å². The number of likely N-dealkylation sites (N-methyl/N-ethyl adjacent to an activating group) is 1. The summed E-state index contributed by atoms with van der Waals surface area (Å²) in [5.74, 6) is -2.99. The maximum atomic E-state index is 9.10. The van der Waals surface area contributed by atoms with Crippen molar-refractivity contribution in [1.29, 1.82) is 0 Å². The highest BCUT2D eigenvalue weighted by Crippen LogP contribution is 2.27. The molecule has 0 saturated carbocycles. The van der Waals surface area contributed by atoms with E-state index in [-0.39, 0.29) is 0 Å². The van der Waals surface area contributed by atoms with Gasteiger partial charge in [0.05, 0.1) is 11.7 Å². The molecule has 0 radical (unpaired) electrons. The smallest absolute Gasteiger partial charge is 0.414 e. The molecule has 0 fully saturated rings. The molecular weight excluding hydrogens is 382 g/mol. The van der Waals surface area contributed by atoms with Crippen LogP contribution in [0.2, 0.25) is 0 Å². The van der Waals surface area contributed by atoms with Gasteiger partial charge in [0, 0.05) is 13.1 Å². The van der Waals surface area contributed by atoms with Crippen LogP contribution in [-0.2, 0) is 22.6 Å². The number of carboxylic acids is 2. The monoisotopic (exact) mass is 405 g/mol. The lowest BCUT2D eigenvalue weighted by atomic mass is 10.1. The summed E-state index contributed by atoms with van der Waals surface area (Å²) >= 11 is 1.22. The first kappa shape index (κ1) is 21.5. The van der Waals surface area contributed by atoms with E-state index < -0.39 is 11.9 Å². The zero-order valence-electron chi connectivity index (χ0n) is 15.8. The van der Waals surface area contributed by atoms with Crippen molar-refractivity contribution in [3.05, 3.63) is 47.2 Å². The molecule has 0 unspecified atom stereocenters. The summed E-state index contributed by atoms with van der Waals surface area (Å²) < 4.78 is 14.6. The van der Waals surface area contributed by atoms with E-state index in [0.29, 0.717) is 12.5 Å². The highest BCUT2D eigenvalue weighted by molar-refractivity contribution is 6.99. The van der Waals surface area contributed by atoms with Crippen LogP contribution >= 0.6 is 11.7 Å². The molecule has 1 aliphatic rings. The molecule has 9 heteroatoms. The summed E-state index contributed by atoms with van der Waals surface area (Å²) in [5, 5.41) is 14.8. The largest absolute Gasteiger partial charge is 0.473 e. The number of carbonyl (C=O) groups is 2. The second-order valence-corrected chi connectivity index (χ2v) is 6.77. The van der Waals surface area contributed by atoms with E-state index in [9.17, 15) is 0 Å². The molecule has 28 heavy (non-hydrogen) atoms. The number of nitrogens with zero attached hydrogens (tertiary/aromatic N) is 3. The third kappa shape index (κ3) is 6.43. The summed E-state index contributed by atoms with van der Waals surface area (Å²) in [5.41, 5.74) is 4.63. The molecule has 0 saturated heterocycles. The predicted molar refractivity (Wildman–Crippen MR) is 105 cm³/mol. The lowest BCUT2D eigenvalue weighted by Gasteiger charge is -2.22. The van der Waals surface area contributed by atoms with Crippen molar-refractivity contribution in [2.24, 2.45) is 0 Å². The van der Waals surface area contributed by atoms with Crippen LogP contribution in [0, 0.1) is 0 Å². The zero-order valence-corrected chi connectivity index (χ0v) is 16.6. The van der Waals surface area contributed by atoms with E-state index in [0.717, 1.165) is 37.2 Å². The number of aryl methyl sites for hydroxylation is 1. The van der Waals surface area contributed by atoms with E-state index in [1.54, 1.807) is 0 Å². The van der Waals surface area contributed by atoms with Crippen molar-refractivity contribution < 1.29 is 24.5 Å². The molecule has 0 amide bonds. The van der Waals surface area contributed by atoms with E-state index >= 15 is 0 Å². The maximum absolute atomic E-state index is 9.10. The molecule has 150 valence electrons. The Morgan fingerprint density at radius 3 is 2.36 bits per heavy atom. The number of aromatic nitrogens is 2. The second-order valence-electron chi connectivity index (χ2n) is 6.24. The average Bonchev–Trinajstić information content (AvgIpc) is 3.16. The van der Waals surface area contributed by atoms with Gasteiger partial charge in [-0.2, -0.15) is 4.37 Å². The molecular formula is C19H23N3O5S. The van der Waals surface area contributed by atoms with Crippen LogP contribution in [0.3, 0.4) is 0 Å². The standard InChI is InChI=1S/C17H21N3OS.C2H2O4/c1-3-13-6-8-14(9-7-13)12-21-17-16(18-22-19-17)15-5-4-10-20(2)11-15;3-1(4)2(5)6/h5-9H,3-4,10-12H2,1-2H3;(H,3,4)(H,5,6). The summed E-state index contributed by atoms with van der Waals surface area (Å²) in [6.45, 7) is 4.70. The number of hydrogen-bond donors (Lipinski definition) is 2. The highest BCUT2D eigenvalue weighted by atomic mass is 32.1. The van der Waals surface area contributed by atoms with Gasteiger partial charge in [-0.05, 0) is 36.6 Å². The Hall–Kier alpha value is -2.78. The van der Waals surface area contributed by atoms with Gasteiger partial charge in [0.25, 0.3) is 5.88 Å². The number of ether oxygens (including phenoxy) is 1. The molecule has 0 bridgehead atoms. The molecule has 1 aliphatic heterocycles. The Labute approximate surface area is 167 Å². The lowest BCUT2D eigenvalue weighted by Crippen LogP contribution is -2.25. The third-order valence-electron chi connectivity index (χ3n) is 4.09. The van der Waals surface area contributed by atoms with Gasteiger partial charge < -0.3 is 19.8 Å². The molecule has 0 atom stereocenters. The fourth-order valence-corrected chi connectivity index (χ4v) is 3.09. The molecule has 3 rings (SSSR count). The fraction of sp³-hybridized carbons (Fsp3) is 0.368. The fourth-order valence-electron chi connectivity index (χ4n) is 2.56. The summed E-state index contributed by atoms with van der Waals surface area (Å²) in [6, 6.07) is 8.53. The van der Waals surface area contributed by atoms with Crippen molar-refractivity contribution >= 4 is 29.2 Å². The van der Waals surface area contributed by atoms with Gasteiger partial charge in [0.1, 0.15) is 12.3 Å². The summed E-state index contributed by atoms with van der Waals surface area (Å²) in [6.07, 6.45) is 4.36. The number of benzene rings is 1. The molecule has 1 aromatic heterocycles. The Balaban J connectivity index is 0.000000409. The van der Waals surface area contributed by atoms with Crippen molar-refractivity contribution in [3.8, 4) is 5.88 Å². The van der Waals surface area contributed by atoms with Gasteiger partial charge >= 0.3 is 11.9 Å². The summed E-state index contributed by atoms with van der Waals surface area (Å²) in [7, 11) is 2.13. The quantitative estimate of drug-likeness (QED) is 0.730. The Morgan fingerprint density at radius 1 is 1.14 bits per heavy atom. The van der Waals surface area contributed by atoms with Gasteiger partial charge in [0.2, 0.25) is 0 Å². The van der Waals surface area contributed by atoms with E-state index in [1.165, 1.54) is 22.9 Å². The Kier molecular flexibility index (Phi) is 8.09. The molecule has 0 aliphatic carbocycles. The molecule has 2 N–H and O–H groups in total. The third-order valence-corrected chi connectivity index (χ3v) is 4.61. The maximum Gasteiger partial charge on any atom is 0.414 e. The first-order valence-electron chi connectivity index (χ1n) is 8.78. The average molecular weight is 405 g/mol. The van der Waals surface area contributed by atoms with Crippen LogP contribution in [-0.4, -0.2) is 55.9 Å². The van der Waals surface area contributed by atoms with E-state index in [2.05, 4.69) is 58.0 Å². The Bertz CT molecular complexity index is 820.